The van der Waals surface area contributed by atoms with Crippen molar-refractivity contribution in [1.29, 1.82) is 0 Å². The lowest BCUT2D eigenvalue weighted by atomic mass is 10.3. The molecule has 1 aromatic rings. The van der Waals surface area contributed by atoms with Crippen LogP contribution in [0.2, 0.25) is 0 Å². The van der Waals surface area contributed by atoms with Crippen molar-refractivity contribution in [2.24, 2.45) is 4.99 Å². The first-order valence-corrected chi connectivity index (χ1v) is 8.91. The van der Waals surface area contributed by atoms with Gasteiger partial charge in [-0.05, 0) is 34.2 Å². The molecule has 0 spiro atoms. The Morgan fingerprint density at radius 2 is 1.91 bits per heavy atom. The Balaban J connectivity index is 0.00000484. The van der Waals surface area contributed by atoms with Crippen LogP contribution in [0.3, 0.4) is 0 Å². The maximum Gasteiger partial charge on any atom is 0.191 e. The van der Waals surface area contributed by atoms with Crippen LogP contribution in [0.25, 0.3) is 0 Å². The molecule has 2 N–H and O–H groups in total. The molecular weight excluding hydrogens is 421 g/mol. The van der Waals surface area contributed by atoms with E-state index in [0.717, 1.165) is 44.3 Å². The lowest BCUT2D eigenvalue weighted by Crippen LogP contribution is -2.43. The normalized spacial score (nSPS) is 11.7. The first-order chi connectivity index (χ1) is 10.5. The van der Waals surface area contributed by atoms with Gasteiger partial charge >= 0.3 is 0 Å². The number of nitrogens with zero attached hydrogens (tertiary/aromatic N) is 3. The summed E-state index contributed by atoms with van der Waals surface area (Å²) in [6.07, 6.45) is 0.938. The third kappa shape index (κ3) is 8.30. The van der Waals surface area contributed by atoms with E-state index < -0.39 is 0 Å². The zero-order valence-corrected chi connectivity index (χ0v) is 18.4. The van der Waals surface area contributed by atoms with E-state index >= 15 is 0 Å². The Bertz CT molecular complexity index is 454. The molecule has 0 amide bonds. The summed E-state index contributed by atoms with van der Waals surface area (Å²) >= 11 is 1.78. The minimum absolute atomic E-state index is 0. The van der Waals surface area contributed by atoms with E-state index in [9.17, 15) is 0 Å². The summed E-state index contributed by atoms with van der Waals surface area (Å²) < 4.78 is 0. The Kier molecular flexibility index (Phi) is 11.8. The topological polar surface area (TPSA) is 52.5 Å². The second-order valence-electron chi connectivity index (χ2n) is 5.65. The third-order valence-electron chi connectivity index (χ3n) is 3.76. The summed E-state index contributed by atoms with van der Waals surface area (Å²) in [5.41, 5.74) is 1.15. The zero-order valence-electron chi connectivity index (χ0n) is 15.3. The molecule has 0 atom stereocenters. The highest BCUT2D eigenvalue weighted by atomic mass is 127. The van der Waals surface area contributed by atoms with E-state index in [1.54, 1.807) is 11.3 Å². The maximum absolute atomic E-state index is 4.56. The number of aromatic nitrogens is 1. The molecule has 0 saturated heterocycles. The van der Waals surface area contributed by atoms with Crippen molar-refractivity contribution < 1.29 is 0 Å². The second kappa shape index (κ2) is 12.0. The van der Waals surface area contributed by atoms with E-state index in [0.29, 0.717) is 6.04 Å². The number of guanidine groups is 1. The minimum Gasteiger partial charge on any atom is -0.356 e. The van der Waals surface area contributed by atoms with Gasteiger partial charge in [0.25, 0.3) is 0 Å². The largest absolute Gasteiger partial charge is 0.356 e. The number of nitrogens with one attached hydrogen (secondary N) is 2. The number of halogens is 1. The highest BCUT2D eigenvalue weighted by molar-refractivity contribution is 14.0. The van der Waals surface area contributed by atoms with E-state index in [2.05, 4.69) is 60.1 Å². The SMILES string of the molecule is CCN(CCNC(=NC)NCCc1nc(C)c(C)s1)C(C)C.I. The Morgan fingerprint density at radius 3 is 2.39 bits per heavy atom. The van der Waals surface area contributed by atoms with Crippen LogP contribution in [0.15, 0.2) is 4.99 Å². The minimum atomic E-state index is 0. The molecule has 0 aliphatic rings. The molecule has 1 heterocycles. The predicted octanol–water partition coefficient (Wildman–Crippen LogP) is 2.82. The number of likely N-dealkylation sites (N-methyl/N-ethyl adjacent to an activating group) is 1. The van der Waals surface area contributed by atoms with Gasteiger partial charge in [0.05, 0.1) is 10.7 Å². The highest BCUT2D eigenvalue weighted by Gasteiger charge is 2.07. The molecule has 0 aromatic carbocycles. The van der Waals surface area contributed by atoms with Gasteiger partial charge in [-0.15, -0.1) is 35.3 Å². The van der Waals surface area contributed by atoms with Crippen LogP contribution >= 0.6 is 35.3 Å². The molecule has 1 aromatic heterocycles. The fourth-order valence-corrected chi connectivity index (χ4v) is 3.19. The van der Waals surface area contributed by atoms with Crippen LogP contribution in [0.4, 0.5) is 0 Å². The van der Waals surface area contributed by atoms with E-state index in [1.807, 2.05) is 7.05 Å². The van der Waals surface area contributed by atoms with Gasteiger partial charge in [-0.1, -0.05) is 6.92 Å². The highest BCUT2D eigenvalue weighted by Crippen LogP contribution is 2.16. The van der Waals surface area contributed by atoms with Crippen molar-refractivity contribution in [1.82, 2.24) is 20.5 Å². The Hall–Kier alpha value is -0.410. The molecule has 5 nitrogen and oxygen atoms in total. The molecular formula is C16H32IN5S. The van der Waals surface area contributed by atoms with E-state index in [1.165, 1.54) is 9.88 Å². The van der Waals surface area contributed by atoms with Crippen molar-refractivity contribution in [2.75, 3.05) is 33.2 Å². The molecule has 1 rings (SSSR count). The van der Waals surface area contributed by atoms with Crippen molar-refractivity contribution in [2.45, 2.75) is 47.1 Å². The fraction of sp³-hybridized carbons (Fsp3) is 0.750. The number of aliphatic imine (C=N–C) groups is 1. The van der Waals surface area contributed by atoms with Crippen LogP contribution in [0.1, 0.15) is 36.3 Å². The number of hydrogen-bond acceptors (Lipinski definition) is 4. The molecule has 23 heavy (non-hydrogen) atoms. The number of thiazole rings is 1. The van der Waals surface area contributed by atoms with Gasteiger partial charge in [-0.2, -0.15) is 0 Å². The molecule has 0 fully saturated rings. The van der Waals surface area contributed by atoms with Crippen LogP contribution in [-0.2, 0) is 6.42 Å². The third-order valence-corrected chi connectivity index (χ3v) is 4.89. The molecule has 0 bridgehead atoms. The van der Waals surface area contributed by atoms with E-state index in [4.69, 9.17) is 0 Å². The fourth-order valence-electron chi connectivity index (χ4n) is 2.25. The Labute approximate surface area is 162 Å². The second-order valence-corrected chi connectivity index (χ2v) is 6.94. The van der Waals surface area contributed by atoms with Crippen LogP contribution in [0, 0.1) is 13.8 Å². The van der Waals surface area contributed by atoms with Crippen molar-refractivity contribution in [3.8, 4) is 0 Å². The molecule has 7 heteroatoms. The maximum atomic E-state index is 4.56. The van der Waals surface area contributed by atoms with Gasteiger partial charge in [0.15, 0.2) is 5.96 Å². The molecule has 134 valence electrons. The average Bonchev–Trinajstić information content (AvgIpc) is 2.79. The van der Waals surface area contributed by atoms with Crippen LogP contribution < -0.4 is 10.6 Å². The van der Waals surface area contributed by atoms with Gasteiger partial charge in [0.1, 0.15) is 0 Å². The van der Waals surface area contributed by atoms with Crippen LogP contribution in [-0.4, -0.2) is 55.1 Å². The summed E-state index contributed by atoms with van der Waals surface area (Å²) in [5, 5.41) is 7.92. The molecule has 0 aliphatic carbocycles. The van der Waals surface area contributed by atoms with Gasteiger partial charge in [-0.25, -0.2) is 4.98 Å². The monoisotopic (exact) mass is 453 g/mol. The quantitative estimate of drug-likeness (QED) is 0.361. The molecule has 0 radical (unpaired) electrons. The summed E-state index contributed by atoms with van der Waals surface area (Å²) in [6, 6.07) is 0.582. The molecule has 0 unspecified atom stereocenters. The first kappa shape index (κ1) is 22.6. The Morgan fingerprint density at radius 1 is 1.26 bits per heavy atom. The van der Waals surface area contributed by atoms with Gasteiger partial charge in [-0.3, -0.25) is 9.89 Å². The number of hydrogen-bond donors (Lipinski definition) is 2. The van der Waals surface area contributed by atoms with Crippen molar-refractivity contribution in [3.63, 3.8) is 0 Å². The molecule has 0 saturated carbocycles. The lowest BCUT2D eigenvalue weighted by molar-refractivity contribution is 0.237. The molecule has 0 aliphatic heterocycles. The van der Waals surface area contributed by atoms with Crippen molar-refractivity contribution >= 4 is 41.3 Å². The summed E-state index contributed by atoms with van der Waals surface area (Å²) in [6.45, 7) is 14.7. The first-order valence-electron chi connectivity index (χ1n) is 8.09. The summed E-state index contributed by atoms with van der Waals surface area (Å²) in [7, 11) is 1.81. The zero-order chi connectivity index (χ0) is 16.5. The standard InChI is InChI=1S/C16H31N5S.HI/c1-7-21(12(2)3)11-10-19-16(17-6)18-9-8-15-20-13(4)14(5)22-15;/h12H,7-11H2,1-6H3,(H2,17,18,19);1H. The number of aryl methyl sites for hydroxylation is 2. The van der Waals surface area contributed by atoms with Gasteiger partial charge < -0.3 is 10.6 Å². The van der Waals surface area contributed by atoms with Gasteiger partial charge in [0.2, 0.25) is 0 Å². The smallest absolute Gasteiger partial charge is 0.191 e. The van der Waals surface area contributed by atoms with Gasteiger partial charge in [0, 0.05) is 44.0 Å². The van der Waals surface area contributed by atoms with Crippen LogP contribution in [0.5, 0.6) is 0 Å². The lowest BCUT2D eigenvalue weighted by Gasteiger charge is -2.25. The average molecular weight is 453 g/mol. The summed E-state index contributed by atoms with van der Waals surface area (Å²) in [4.78, 5) is 12.6. The van der Waals surface area contributed by atoms with Crippen molar-refractivity contribution in [3.05, 3.63) is 15.6 Å². The summed E-state index contributed by atoms with van der Waals surface area (Å²) in [5.74, 6) is 0.866. The predicted molar refractivity (Wildman–Crippen MR) is 112 cm³/mol. The van der Waals surface area contributed by atoms with E-state index in [-0.39, 0.29) is 24.0 Å². The number of rotatable bonds is 8.